The van der Waals surface area contributed by atoms with Crippen molar-refractivity contribution in [3.05, 3.63) is 40.5 Å². The lowest BCUT2D eigenvalue weighted by Gasteiger charge is -2.33. The second-order valence-corrected chi connectivity index (χ2v) is 8.44. The summed E-state index contributed by atoms with van der Waals surface area (Å²) in [4.78, 5) is 16.8. The molecule has 1 aliphatic carbocycles. The highest BCUT2D eigenvalue weighted by Gasteiger charge is 2.31. The standard InChI is InChI=1S/C20H26N2O2S/c1-14(23)15-8-12-21(13-9-15)19(24)18-16-6-2-3-7-17(16)25-20(18)22-10-4-5-11-22/h4-5,10-11,14-15,23H,2-3,6-9,12-13H2,1H3/t14-/m0/s1. The zero-order chi connectivity index (χ0) is 17.4. The van der Waals surface area contributed by atoms with Gasteiger partial charge in [-0.05, 0) is 69.1 Å². The van der Waals surface area contributed by atoms with E-state index in [1.165, 1.54) is 23.3 Å². The number of aryl methyl sites for hydroxylation is 1. The third kappa shape index (κ3) is 3.15. The van der Waals surface area contributed by atoms with E-state index in [9.17, 15) is 9.90 Å². The number of carbonyl (C=O) groups is 1. The van der Waals surface area contributed by atoms with Crippen molar-refractivity contribution in [3.63, 3.8) is 0 Å². The second kappa shape index (κ2) is 6.96. The highest BCUT2D eigenvalue weighted by molar-refractivity contribution is 7.15. The van der Waals surface area contributed by atoms with E-state index < -0.39 is 0 Å². The molecule has 1 saturated heterocycles. The average molecular weight is 359 g/mol. The Kier molecular flexibility index (Phi) is 4.69. The zero-order valence-corrected chi connectivity index (χ0v) is 15.6. The molecule has 0 unspecified atom stereocenters. The van der Waals surface area contributed by atoms with Gasteiger partial charge in [0.25, 0.3) is 5.91 Å². The Hall–Kier alpha value is -1.59. The lowest BCUT2D eigenvalue weighted by Crippen LogP contribution is -2.41. The maximum Gasteiger partial charge on any atom is 0.257 e. The van der Waals surface area contributed by atoms with E-state index >= 15 is 0 Å². The van der Waals surface area contributed by atoms with Gasteiger partial charge in [-0.15, -0.1) is 11.3 Å². The number of aromatic nitrogens is 1. The molecule has 3 heterocycles. The number of rotatable bonds is 3. The lowest BCUT2D eigenvalue weighted by atomic mass is 9.91. The molecule has 0 spiro atoms. The van der Waals surface area contributed by atoms with Crippen LogP contribution in [0.5, 0.6) is 0 Å². The predicted molar refractivity (Wildman–Crippen MR) is 101 cm³/mol. The maximum absolute atomic E-state index is 13.4. The smallest absolute Gasteiger partial charge is 0.257 e. The van der Waals surface area contributed by atoms with E-state index in [4.69, 9.17) is 0 Å². The number of hydrogen-bond donors (Lipinski definition) is 1. The number of aliphatic hydroxyl groups is 1. The largest absolute Gasteiger partial charge is 0.393 e. The number of hydrogen-bond acceptors (Lipinski definition) is 3. The van der Waals surface area contributed by atoms with Crippen LogP contribution in [0.25, 0.3) is 5.00 Å². The van der Waals surface area contributed by atoms with Crippen LogP contribution < -0.4 is 0 Å². The Morgan fingerprint density at radius 3 is 2.56 bits per heavy atom. The van der Waals surface area contributed by atoms with Crippen molar-refractivity contribution in [2.45, 2.75) is 51.6 Å². The molecule has 1 aliphatic heterocycles. The highest BCUT2D eigenvalue weighted by atomic mass is 32.1. The molecule has 0 radical (unpaired) electrons. The average Bonchev–Trinajstić information content (AvgIpc) is 3.28. The fourth-order valence-electron chi connectivity index (χ4n) is 4.17. The Morgan fingerprint density at radius 1 is 1.20 bits per heavy atom. The molecule has 25 heavy (non-hydrogen) atoms. The molecule has 4 nitrogen and oxygen atoms in total. The summed E-state index contributed by atoms with van der Waals surface area (Å²) < 4.78 is 2.10. The summed E-state index contributed by atoms with van der Waals surface area (Å²) in [5, 5.41) is 10.9. The minimum atomic E-state index is -0.276. The van der Waals surface area contributed by atoms with E-state index in [2.05, 4.69) is 4.57 Å². The van der Waals surface area contributed by atoms with Gasteiger partial charge in [0.15, 0.2) is 0 Å². The molecule has 2 aromatic heterocycles. The van der Waals surface area contributed by atoms with E-state index in [0.717, 1.165) is 49.3 Å². The van der Waals surface area contributed by atoms with Gasteiger partial charge in [-0.2, -0.15) is 0 Å². The molecule has 0 bridgehead atoms. The minimum absolute atomic E-state index is 0.187. The lowest BCUT2D eigenvalue weighted by molar-refractivity contribution is 0.0521. The Labute approximate surface area is 153 Å². The van der Waals surface area contributed by atoms with E-state index in [-0.39, 0.29) is 12.0 Å². The molecule has 2 aliphatic rings. The molecule has 2 aromatic rings. The fraction of sp³-hybridized carbons (Fsp3) is 0.550. The van der Waals surface area contributed by atoms with Gasteiger partial charge in [-0.3, -0.25) is 4.79 Å². The Morgan fingerprint density at radius 2 is 1.88 bits per heavy atom. The van der Waals surface area contributed by atoms with Gasteiger partial charge in [-0.25, -0.2) is 0 Å². The number of likely N-dealkylation sites (tertiary alicyclic amines) is 1. The van der Waals surface area contributed by atoms with Crippen molar-refractivity contribution in [1.29, 1.82) is 0 Å². The molecule has 0 aromatic carbocycles. The van der Waals surface area contributed by atoms with Crippen LogP contribution in [-0.4, -0.2) is 39.7 Å². The molecular weight excluding hydrogens is 332 g/mol. The molecule has 0 saturated carbocycles. The third-order valence-electron chi connectivity index (χ3n) is 5.71. The van der Waals surface area contributed by atoms with Crippen LogP contribution in [0.1, 0.15) is 53.4 Å². The maximum atomic E-state index is 13.4. The number of carbonyl (C=O) groups excluding carboxylic acids is 1. The summed E-state index contributed by atoms with van der Waals surface area (Å²) in [6, 6.07) is 4.03. The van der Waals surface area contributed by atoms with Crippen LogP contribution >= 0.6 is 11.3 Å². The van der Waals surface area contributed by atoms with Crippen LogP contribution in [0.15, 0.2) is 24.5 Å². The normalized spacial score (nSPS) is 19.7. The van der Waals surface area contributed by atoms with Crippen molar-refractivity contribution in [1.82, 2.24) is 9.47 Å². The first kappa shape index (κ1) is 16.9. The molecule has 5 heteroatoms. The van der Waals surface area contributed by atoms with Crippen LogP contribution in [0.4, 0.5) is 0 Å². The van der Waals surface area contributed by atoms with Crippen molar-refractivity contribution in [2.24, 2.45) is 5.92 Å². The number of nitrogens with zero attached hydrogens (tertiary/aromatic N) is 2. The van der Waals surface area contributed by atoms with Crippen LogP contribution in [0, 0.1) is 5.92 Å². The first-order valence-corrected chi connectivity index (χ1v) is 10.2. The highest BCUT2D eigenvalue weighted by Crippen LogP contribution is 2.38. The summed E-state index contributed by atoms with van der Waals surface area (Å²) >= 11 is 1.79. The number of aliphatic hydroxyl groups excluding tert-OH is 1. The Bertz CT molecular complexity index is 740. The second-order valence-electron chi connectivity index (χ2n) is 7.35. The number of fused-ring (bicyclic) bond motifs is 1. The van der Waals surface area contributed by atoms with Gasteiger partial charge in [0, 0.05) is 30.4 Å². The van der Waals surface area contributed by atoms with Crippen molar-refractivity contribution < 1.29 is 9.90 Å². The van der Waals surface area contributed by atoms with Gasteiger partial charge in [-0.1, -0.05) is 0 Å². The third-order valence-corrected chi connectivity index (χ3v) is 7.02. The van der Waals surface area contributed by atoms with E-state index in [1.54, 1.807) is 11.3 Å². The summed E-state index contributed by atoms with van der Waals surface area (Å²) in [6.45, 7) is 3.37. The molecule has 134 valence electrons. The monoisotopic (exact) mass is 358 g/mol. The van der Waals surface area contributed by atoms with Gasteiger partial charge >= 0.3 is 0 Å². The first-order valence-electron chi connectivity index (χ1n) is 9.40. The van der Waals surface area contributed by atoms with Gasteiger partial charge in [0.1, 0.15) is 5.00 Å². The minimum Gasteiger partial charge on any atom is -0.393 e. The van der Waals surface area contributed by atoms with Crippen molar-refractivity contribution in [3.8, 4) is 5.00 Å². The molecule has 1 fully saturated rings. The topological polar surface area (TPSA) is 45.5 Å². The predicted octanol–water partition coefficient (Wildman–Crippen LogP) is 3.65. The molecular formula is C20H26N2O2S. The molecule has 1 amide bonds. The van der Waals surface area contributed by atoms with Crippen molar-refractivity contribution >= 4 is 17.2 Å². The number of amides is 1. The number of piperidine rings is 1. The van der Waals surface area contributed by atoms with Crippen LogP contribution in [-0.2, 0) is 12.8 Å². The summed E-state index contributed by atoms with van der Waals surface area (Å²) in [7, 11) is 0. The molecule has 1 atom stereocenters. The summed E-state index contributed by atoms with van der Waals surface area (Å²) in [5.74, 6) is 0.511. The van der Waals surface area contributed by atoms with E-state index in [1.807, 2.05) is 36.4 Å². The molecule has 1 N–H and O–H groups in total. The zero-order valence-electron chi connectivity index (χ0n) is 14.8. The number of thiophene rings is 1. The quantitative estimate of drug-likeness (QED) is 0.910. The van der Waals surface area contributed by atoms with Crippen LogP contribution in [0.3, 0.4) is 0 Å². The van der Waals surface area contributed by atoms with Gasteiger partial charge < -0.3 is 14.6 Å². The molecule has 4 rings (SSSR count). The summed E-state index contributed by atoms with van der Waals surface area (Å²) in [6.07, 6.45) is 10.1. The summed E-state index contributed by atoms with van der Waals surface area (Å²) in [5.41, 5.74) is 2.23. The van der Waals surface area contributed by atoms with Crippen molar-refractivity contribution in [2.75, 3.05) is 13.1 Å². The fourth-order valence-corrected chi connectivity index (χ4v) is 5.51. The van der Waals surface area contributed by atoms with Gasteiger partial charge in [0.2, 0.25) is 0 Å². The Balaban J connectivity index is 1.65. The van der Waals surface area contributed by atoms with Gasteiger partial charge in [0.05, 0.1) is 11.7 Å². The SMILES string of the molecule is C[C@H](O)C1CCN(C(=O)c2c(-n3cccc3)sc3c2CCCC3)CC1. The van der Waals surface area contributed by atoms with Crippen LogP contribution in [0.2, 0.25) is 0 Å². The van der Waals surface area contributed by atoms with E-state index in [0.29, 0.717) is 5.92 Å². The first-order chi connectivity index (χ1) is 12.1.